The van der Waals surface area contributed by atoms with E-state index in [0.717, 1.165) is 30.0 Å². The number of anilines is 1. The van der Waals surface area contributed by atoms with Gasteiger partial charge in [-0.05, 0) is 42.7 Å². The number of nitrogens with one attached hydrogen (secondary N) is 1. The fourth-order valence-electron chi connectivity index (χ4n) is 3.30. The molecule has 2 aliphatic heterocycles. The maximum absolute atomic E-state index is 12.4. The first-order valence-electron chi connectivity index (χ1n) is 8.22. The van der Waals surface area contributed by atoms with Gasteiger partial charge in [-0.15, -0.1) is 0 Å². The summed E-state index contributed by atoms with van der Waals surface area (Å²) >= 11 is 0. The Morgan fingerprint density at radius 3 is 2.96 bits per heavy atom. The Kier molecular flexibility index (Phi) is 3.76. The fourth-order valence-corrected chi connectivity index (χ4v) is 3.30. The summed E-state index contributed by atoms with van der Waals surface area (Å²) in [6.45, 7) is 3.51. The van der Waals surface area contributed by atoms with E-state index in [4.69, 9.17) is 9.47 Å². The van der Waals surface area contributed by atoms with Gasteiger partial charge < -0.3 is 19.7 Å². The highest BCUT2D eigenvalue weighted by atomic mass is 16.7. The van der Waals surface area contributed by atoms with Crippen molar-refractivity contribution in [3.63, 3.8) is 0 Å². The number of para-hydroxylation sites is 1. The van der Waals surface area contributed by atoms with Gasteiger partial charge in [-0.2, -0.15) is 0 Å². The smallest absolute Gasteiger partial charge is 0.239 e. The molecule has 124 valence electrons. The molecule has 24 heavy (non-hydrogen) atoms. The molecule has 4 rings (SSSR count). The van der Waals surface area contributed by atoms with Crippen molar-refractivity contribution in [3.05, 3.63) is 53.6 Å². The molecule has 0 spiro atoms. The summed E-state index contributed by atoms with van der Waals surface area (Å²) < 4.78 is 10.7. The van der Waals surface area contributed by atoms with Crippen LogP contribution >= 0.6 is 0 Å². The Labute approximate surface area is 141 Å². The normalized spacial score (nSPS) is 16.0. The van der Waals surface area contributed by atoms with Crippen molar-refractivity contribution < 1.29 is 14.3 Å². The Morgan fingerprint density at radius 2 is 2.04 bits per heavy atom. The number of carbonyl (C=O) groups is 1. The van der Waals surface area contributed by atoms with E-state index in [1.165, 1.54) is 11.3 Å². The standard InChI is InChI=1S/C19H20N2O3/c1-13(15-6-7-17-18(10-15)24-12-23-17)20-19(22)11-21-9-8-14-4-2-3-5-16(14)21/h2-7,10,13H,8-9,11-12H2,1H3,(H,20,22)/t13-/m1/s1. The fraction of sp³-hybridized carbons (Fsp3) is 0.316. The number of carbonyl (C=O) groups excluding carboxylic acids is 1. The van der Waals surface area contributed by atoms with Crippen LogP contribution in [0.2, 0.25) is 0 Å². The van der Waals surface area contributed by atoms with Gasteiger partial charge in [0.05, 0.1) is 12.6 Å². The van der Waals surface area contributed by atoms with Gasteiger partial charge in [0.2, 0.25) is 12.7 Å². The van der Waals surface area contributed by atoms with Crippen molar-refractivity contribution in [2.45, 2.75) is 19.4 Å². The molecule has 1 atom stereocenters. The number of fused-ring (bicyclic) bond motifs is 2. The van der Waals surface area contributed by atoms with Crippen LogP contribution < -0.4 is 19.7 Å². The van der Waals surface area contributed by atoms with E-state index in [1.54, 1.807) is 0 Å². The second kappa shape index (κ2) is 6.07. The Morgan fingerprint density at radius 1 is 1.21 bits per heavy atom. The van der Waals surface area contributed by atoms with Gasteiger partial charge >= 0.3 is 0 Å². The molecular weight excluding hydrogens is 304 g/mol. The maximum Gasteiger partial charge on any atom is 0.239 e. The zero-order valence-electron chi connectivity index (χ0n) is 13.6. The summed E-state index contributed by atoms with van der Waals surface area (Å²) in [5.74, 6) is 1.52. The minimum absolute atomic E-state index is 0.0249. The molecule has 2 aromatic carbocycles. The van der Waals surface area contributed by atoms with Crippen molar-refractivity contribution >= 4 is 11.6 Å². The van der Waals surface area contributed by atoms with Crippen LogP contribution in [0.5, 0.6) is 11.5 Å². The van der Waals surface area contributed by atoms with Crippen molar-refractivity contribution in [1.82, 2.24) is 5.32 Å². The molecule has 5 heteroatoms. The Bertz CT molecular complexity index is 775. The number of amides is 1. The van der Waals surface area contributed by atoms with Crippen molar-refractivity contribution in [3.8, 4) is 11.5 Å². The Hall–Kier alpha value is -2.69. The molecule has 0 fully saturated rings. The maximum atomic E-state index is 12.4. The number of ether oxygens (including phenoxy) is 2. The zero-order chi connectivity index (χ0) is 16.5. The lowest BCUT2D eigenvalue weighted by atomic mass is 10.1. The largest absolute Gasteiger partial charge is 0.454 e. The molecular formula is C19H20N2O3. The monoisotopic (exact) mass is 324 g/mol. The summed E-state index contributed by atoms with van der Waals surface area (Å²) in [6, 6.07) is 14.0. The highest BCUT2D eigenvalue weighted by molar-refractivity contribution is 5.82. The first-order valence-corrected chi connectivity index (χ1v) is 8.22. The van der Waals surface area contributed by atoms with Crippen molar-refractivity contribution in [2.24, 2.45) is 0 Å². The molecule has 0 unspecified atom stereocenters. The number of benzene rings is 2. The van der Waals surface area contributed by atoms with Gasteiger partial charge in [-0.25, -0.2) is 0 Å². The van der Waals surface area contributed by atoms with Crippen LogP contribution in [0.15, 0.2) is 42.5 Å². The van der Waals surface area contributed by atoms with Gasteiger partial charge in [-0.1, -0.05) is 24.3 Å². The molecule has 0 saturated heterocycles. The quantitative estimate of drug-likeness (QED) is 0.939. The van der Waals surface area contributed by atoms with Crippen LogP contribution in [0.3, 0.4) is 0 Å². The first-order chi connectivity index (χ1) is 11.7. The molecule has 2 heterocycles. The third kappa shape index (κ3) is 2.77. The van der Waals surface area contributed by atoms with E-state index in [0.29, 0.717) is 6.54 Å². The highest BCUT2D eigenvalue weighted by Crippen LogP contribution is 2.34. The molecule has 2 aromatic rings. The van der Waals surface area contributed by atoms with Gasteiger partial charge in [-0.3, -0.25) is 4.79 Å². The third-order valence-corrected chi connectivity index (χ3v) is 4.59. The van der Waals surface area contributed by atoms with Crippen molar-refractivity contribution in [2.75, 3.05) is 24.8 Å². The second-order valence-electron chi connectivity index (χ2n) is 6.20. The summed E-state index contributed by atoms with van der Waals surface area (Å²) in [5.41, 5.74) is 3.49. The van der Waals surface area contributed by atoms with E-state index in [-0.39, 0.29) is 18.7 Å². The number of rotatable bonds is 4. The summed E-state index contributed by atoms with van der Waals surface area (Å²) in [5, 5.41) is 3.07. The topological polar surface area (TPSA) is 50.8 Å². The van der Waals surface area contributed by atoms with Crippen LogP contribution in [0.1, 0.15) is 24.1 Å². The highest BCUT2D eigenvalue weighted by Gasteiger charge is 2.22. The molecule has 2 aliphatic rings. The SMILES string of the molecule is C[C@@H](NC(=O)CN1CCc2ccccc21)c1ccc2c(c1)OCO2. The van der Waals surface area contributed by atoms with Gasteiger partial charge in [0.15, 0.2) is 11.5 Å². The lowest BCUT2D eigenvalue weighted by molar-refractivity contribution is -0.120. The summed E-state index contributed by atoms with van der Waals surface area (Å²) in [6.07, 6.45) is 1.00. The minimum Gasteiger partial charge on any atom is -0.454 e. The van der Waals surface area contributed by atoms with E-state index < -0.39 is 0 Å². The zero-order valence-corrected chi connectivity index (χ0v) is 13.6. The first kappa shape index (κ1) is 14.9. The van der Waals surface area contributed by atoms with E-state index in [2.05, 4.69) is 22.3 Å². The average Bonchev–Trinajstić information content (AvgIpc) is 3.21. The molecule has 0 radical (unpaired) electrons. The Balaban J connectivity index is 1.39. The predicted molar refractivity (Wildman–Crippen MR) is 91.5 cm³/mol. The average molecular weight is 324 g/mol. The van der Waals surface area contributed by atoms with Crippen LogP contribution in [-0.4, -0.2) is 25.8 Å². The van der Waals surface area contributed by atoms with Crippen LogP contribution in [0, 0.1) is 0 Å². The van der Waals surface area contributed by atoms with Gasteiger partial charge in [0.1, 0.15) is 0 Å². The number of nitrogens with zero attached hydrogens (tertiary/aromatic N) is 1. The molecule has 5 nitrogen and oxygen atoms in total. The lowest BCUT2D eigenvalue weighted by Crippen LogP contribution is -2.37. The van der Waals surface area contributed by atoms with E-state index in [9.17, 15) is 4.79 Å². The molecule has 1 N–H and O–H groups in total. The predicted octanol–water partition coefficient (Wildman–Crippen LogP) is 2.66. The van der Waals surface area contributed by atoms with Gasteiger partial charge in [0, 0.05) is 12.2 Å². The molecule has 1 amide bonds. The summed E-state index contributed by atoms with van der Waals surface area (Å²) in [4.78, 5) is 14.6. The molecule has 0 saturated carbocycles. The number of hydrogen-bond donors (Lipinski definition) is 1. The van der Waals surface area contributed by atoms with E-state index >= 15 is 0 Å². The number of hydrogen-bond acceptors (Lipinski definition) is 4. The van der Waals surface area contributed by atoms with Crippen LogP contribution in [-0.2, 0) is 11.2 Å². The lowest BCUT2D eigenvalue weighted by Gasteiger charge is -2.21. The second-order valence-corrected chi connectivity index (χ2v) is 6.20. The minimum atomic E-state index is -0.0788. The van der Waals surface area contributed by atoms with Crippen molar-refractivity contribution in [1.29, 1.82) is 0 Å². The molecule has 0 bridgehead atoms. The van der Waals surface area contributed by atoms with E-state index in [1.807, 2.05) is 37.3 Å². The van der Waals surface area contributed by atoms with Gasteiger partial charge in [0.25, 0.3) is 0 Å². The third-order valence-electron chi connectivity index (χ3n) is 4.59. The summed E-state index contributed by atoms with van der Waals surface area (Å²) in [7, 11) is 0. The molecule has 0 aromatic heterocycles. The van der Waals surface area contributed by atoms with Crippen LogP contribution in [0.25, 0.3) is 0 Å². The van der Waals surface area contributed by atoms with Crippen LogP contribution in [0.4, 0.5) is 5.69 Å². The molecule has 0 aliphatic carbocycles.